The second-order valence-electron chi connectivity index (χ2n) is 8.01. The quantitative estimate of drug-likeness (QED) is 0.647. The Morgan fingerprint density at radius 1 is 1.03 bits per heavy atom. The summed E-state index contributed by atoms with van der Waals surface area (Å²) in [4.78, 5) is 30.5. The third-order valence-electron chi connectivity index (χ3n) is 5.64. The molecule has 1 aromatic heterocycles. The number of hydrogen-bond donors (Lipinski definition) is 1. The lowest BCUT2D eigenvalue weighted by atomic mass is 9.91. The van der Waals surface area contributed by atoms with Gasteiger partial charge in [-0.25, -0.2) is 9.78 Å². The van der Waals surface area contributed by atoms with Crippen LogP contribution >= 0.6 is 11.6 Å². The second kappa shape index (κ2) is 11.5. The predicted octanol–water partition coefficient (Wildman–Crippen LogP) is 4.86. The molecule has 0 atom stereocenters. The van der Waals surface area contributed by atoms with E-state index in [9.17, 15) is 18.0 Å². The molecule has 184 valence electrons. The molecule has 0 bridgehead atoms. The second-order valence-corrected chi connectivity index (χ2v) is 8.44. The molecule has 4 rings (SSSR count). The first-order valence-electron chi connectivity index (χ1n) is 10.9. The van der Waals surface area contributed by atoms with E-state index in [-0.39, 0.29) is 5.91 Å². The fraction of sp³-hybridized carbons (Fsp3) is 0.435. The van der Waals surface area contributed by atoms with Gasteiger partial charge in [0.2, 0.25) is 0 Å². The predicted molar refractivity (Wildman–Crippen MR) is 119 cm³/mol. The van der Waals surface area contributed by atoms with E-state index in [1.165, 1.54) is 19.3 Å². The van der Waals surface area contributed by atoms with Gasteiger partial charge < -0.3 is 14.7 Å². The highest BCUT2D eigenvalue weighted by molar-refractivity contribution is 6.30. The van der Waals surface area contributed by atoms with Gasteiger partial charge in [-0.2, -0.15) is 13.2 Å². The van der Waals surface area contributed by atoms with Crippen molar-refractivity contribution in [2.24, 2.45) is 0 Å². The van der Waals surface area contributed by atoms with Crippen molar-refractivity contribution in [3.05, 3.63) is 53.3 Å². The van der Waals surface area contributed by atoms with Crippen molar-refractivity contribution in [3.63, 3.8) is 0 Å². The number of rotatable bonds is 4. The van der Waals surface area contributed by atoms with Crippen molar-refractivity contribution >= 4 is 23.5 Å². The maximum Gasteiger partial charge on any atom is 0.490 e. The Balaban J connectivity index is 0.000000406. The Morgan fingerprint density at radius 3 is 2.32 bits per heavy atom. The maximum atomic E-state index is 12.8. The summed E-state index contributed by atoms with van der Waals surface area (Å²) >= 11 is 5.97. The summed E-state index contributed by atoms with van der Waals surface area (Å²) in [6, 6.07) is 11.4. The van der Waals surface area contributed by atoms with E-state index in [1.807, 2.05) is 17.0 Å². The monoisotopic (exact) mass is 499 g/mol. The van der Waals surface area contributed by atoms with E-state index >= 15 is 0 Å². The average Bonchev–Trinajstić information content (AvgIpc) is 2.98. The van der Waals surface area contributed by atoms with Crippen molar-refractivity contribution in [2.75, 3.05) is 26.2 Å². The van der Waals surface area contributed by atoms with Gasteiger partial charge in [-0.05, 0) is 49.6 Å². The van der Waals surface area contributed by atoms with E-state index < -0.39 is 12.1 Å². The molecule has 1 aliphatic carbocycles. The number of nitrogens with zero attached hydrogens (tertiary/aromatic N) is 3. The van der Waals surface area contributed by atoms with Crippen molar-refractivity contribution in [1.82, 2.24) is 14.8 Å². The largest absolute Gasteiger partial charge is 0.490 e. The fourth-order valence-electron chi connectivity index (χ4n) is 3.65. The highest BCUT2D eigenvalue weighted by Crippen LogP contribution is 2.26. The number of alkyl halides is 3. The number of carbonyl (C=O) groups is 2. The first kappa shape index (κ1) is 25.8. The lowest BCUT2D eigenvalue weighted by Crippen LogP contribution is -2.42. The summed E-state index contributed by atoms with van der Waals surface area (Å²) in [5.74, 6) is -1.53. The molecule has 7 nitrogen and oxygen atoms in total. The molecular formula is C23H25ClF3N3O4. The van der Waals surface area contributed by atoms with E-state index in [0.717, 1.165) is 38.6 Å². The Bertz CT molecular complexity index is 984. The molecule has 1 aliphatic heterocycles. The molecule has 0 radical (unpaired) electrons. The minimum atomic E-state index is -5.08. The van der Waals surface area contributed by atoms with Crippen LogP contribution in [-0.2, 0) is 4.79 Å². The number of pyridine rings is 1. The zero-order chi connectivity index (χ0) is 24.7. The lowest BCUT2D eigenvalue weighted by Gasteiger charge is -2.36. The summed E-state index contributed by atoms with van der Waals surface area (Å²) in [5.41, 5.74) is 0.463. The molecule has 1 amide bonds. The number of amides is 1. The molecule has 11 heteroatoms. The molecule has 2 heterocycles. The topological polar surface area (TPSA) is 83.0 Å². The van der Waals surface area contributed by atoms with Crippen LogP contribution in [0.5, 0.6) is 11.5 Å². The molecule has 2 aromatic rings. The van der Waals surface area contributed by atoms with Gasteiger partial charge in [0, 0.05) is 37.2 Å². The molecule has 1 saturated carbocycles. The molecule has 34 heavy (non-hydrogen) atoms. The summed E-state index contributed by atoms with van der Waals surface area (Å²) in [6.07, 6.45) is 1.50. The van der Waals surface area contributed by atoms with Crippen molar-refractivity contribution in [3.8, 4) is 11.5 Å². The van der Waals surface area contributed by atoms with Crippen molar-refractivity contribution in [1.29, 1.82) is 0 Å². The molecule has 1 aromatic carbocycles. The molecule has 2 aliphatic rings. The number of halogens is 4. The van der Waals surface area contributed by atoms with Gasteiger partial charge in [0.25, 0.3) is 5.91 Å². The molecule has 1 saturated heterocycles. The first-order valence-corrected chi connectivity index (χ1v) is 11.2. The van der Waals surface area contributed by atoms with Gasteiger partial charge in [-0.15, -0.1) is 0 Å². The smallest absolute Gasteiger partial charge is 0.475 e. The van der Waals surface area contributed by atoms with E-state index in [1.54, 1.807) is 30.5 Å². The molecule has 1 N–H and O–H groups in total. The summed E-state index contributed by atoms with van der Waals surface area (Å²) < 4.78 is 37.5. The van der Waals surface area contributed by atoms with Crippen molar-refractivity contribution in [2.45, 2.75) is 37.9 Å². The Hall–Kier alpha value is -2.85. The van der Waals surface area contributed by atoms with E-state index in [0.29, 0.717) is 22.2 Å². The normalized spacial score (nSPS) is 17.1. The molecule has 0 unspecified atom stereocenters. The van der Waals surface area contributed by atoms with Gasteiger partial charge >= 0.3 is 12.1 Å². The first-order chi connectivity index (χ1) is 16.1. The van der Waals surface area contributed by atoms with Crippen LogP contribution in [0.15, 0.2) is 42.6 Å². The van der Waals surface area contributed by atoms with Crippen LogP contribution in [0.4, 0.5) is 13.2 Å². The Labute approximate surface area is 200 Å². The van der Waals surface area contributed by atoms with Crippen LogP contribution in [0, 0.1) is 0 Å². The van der Waals surface area contributed by atoms with Crippen LogP contribution in [0.3, 0.4) is 0 Å². The molecule has 0 spiro atoms. The summed E-state index contributed by atoms with van der Waals surface area (Å²) in [7, 11) is 0. The Kier molecular flexibility index (Phi) is 8.73. The highest BCUT2D eigenvalue weighted by atomic mass is 35.5. The van der Waals surface area contributed by atoms with Gasteiger partial charge in [0.15, 0.2) is 0 Å². The standard InChI is InChI=1S/C21H24ClN3O2.C2HF3O2/c22-16-4-1-7-18(14-16)27-19-8-9-20(23-15-19)21(26)25-11-3-10-24(12-13-25)17-5-2-6-17;3-2(4,5)1(6)7/h1,4,7-9,14-15,17H,2-3,5-6,10-13H2;(H,6,7). The fourth-order valence-corrected chi connectivity index (χ4v) is 3.83. The van der Waals surface area contributed by atoms with Crippen LogP contribution in [-0.4, -0.2) is 70.2 Å². The maximum absolute atomic E-state index is 12.8. The van der Waals surface area contributed by atoms with Crippen LogP contribution in [0.2, 0.25) is 5.02 Å². The SMILES string of the molecule is O=C(O)C(F)(F)F.O=C(c1ccc(Oc2cccc(Cl)c2)cn1)N1CCCN(C2CCC2)CC1. The van der Waals surface area contributed by atoms with E-state index in [4.69, 9.17) is 26.2 Å². The number of aliphatic carboxylic acids is 1. The third kappa shape index (κ3) is 7.33. The molecule has 2 fully saturated rings. The number of carboxylic acid groups (broad SMARTS) is 1. The lowest BCUT2D eigenvalue weighted by molar-refractivity contribution is -0.192. The van der Waals surface area contributed by atoms with Crippen LogP contribution in [0.25, 0.3) is 0 Å². The van der Waals surface area contributed by atoms with Gasteiger partial charge in [0.1, 0.15) is 17.2 Å². The number of benzene rings is 1. The number of carbonyl (C=O) groups excluding carboxylic acids is 1. The highest BCUT2D eigenvalue weighted by Gasteiger charge is 2.38. The van der Waals surface area contributed by atoms with Crippen LogP contribution < -0.4 is 4.74 Å². The van der Waals surface area contributed by atoms with Gasteiger partial charge in [-0.1, -0.05) is 24.1 Å². The number of ether oxygens (including phenoxy) is 1. The number of carboxylic acids is 1. The van der Waals surface area contributed by atoms with E-state index in [2.05, 4.69) is 9.88 Å². The zero-order valence-electron chi connectivity index (χ0n) is 18.3. The number of aromatic nitrogens is 1. The summed E-state index contributed by atoms with van der Waals surface area (Å²) in [6.45, 7) is 3.63. The number of hydrogen-bond acceptors (Lipinski definition) is 5. The van der Waals surface area contributed by atoms with Crippen LogP contribution in [0.1, 0.15) is 36.2 Å². The van der Waals surface area contributed by atoms with Gasteiger partial charge in [0.05, 0.1) is 6.20 Å². The molecular weight excluding hydrogens is 475 g/mol. The summed E-state index contributed by atoms with van der Waals surface area (Å²) in [5, 5.41) is 7.74. The Morgan fingerprint density at radius 2 is 1.76 bits per heavy atom. The minimum absolute atomic E-state index is 0.000218. The van der Waals surface area contributed by atoms with Gasteiger partial charge in [-0.3, -0.25) is 9.69 Å². The zero-order valence-corrected chi connectivity index (χ0v) is 19.1. The average molecular weight is 500 g/mol. The minimum Gasteiger partial charge on any atom is -0.475 e. The van der Waals surface area contributed by atoms with Crippen molar-refractivity contribution < 1.29 is 32.6 Å². The third-order valence-corrected chi connectivity index (χ3v) is 5.87.